The number of benzene rings is 1. The largest absolute Gasteiger partial charge is 0.496 e. The fourth-order valence-electron chi connectivity index (χ4n) is 2.40. The predicted molar refractivity (Wildman–Crippen MR) is 87.3 cm³/mol. The smallest absolute Gasteiger partial charge is 0.136 e. The molecular weight excluding hydrogens is 284 g/mol. The van der Waals surface area contributed by atoms with Gasteiger partial charge in [-0.15, -0.1) is 0 Å². The Morgan fingerprint density at radius 1 is 1.10 bits per heavy atom. The van der Waals surface area contributed by atoms with Crippen LogP contribution in [0.5, 0.6) is 5.75 Å². The van der Waals surface area contributed by atoms with Gasteiger partial charge in [-0.25, -0.2) is 9.97 Å². The second-order valence-corrected chi connectivity index (χ2v) is 6.02. The highest BCUT2D eigenvalue weighted by molar-refractivity contribution is 6.30. The summed E-state index contributed by atoms with van der Waals surface area (Å²) in [6.45, 7) is 10.2. The molecule has 2 rings (SSSR count). The molecule has 0 aliphatic carbocycles. The van der Waals surface area contributed by atoms with Crippen LogP contribution in [-0.4, -0.2) is 17.1 Å². The minimum Gasteiger partial charge on any atom is -0.496 e. The number of methoxy groups -OCH3 is 1. The first kappa shape index (κ1) is 15.8. The van der Waals surface area contributed by atoms with Crippen LogP contribution in [0.4, 0.5) is 0 Å². The van der Waals surface area contributed by atoms with Crippen LogP contribution in [0.3, 0.4) is 0 Å². The molecule has 0 amide bonds. The van der Waals surface area contributed by atoms with Crippen molar-refractivity contribution in [2.45, 2.75) is 40.5 Å². The van der Waals surface area contributed by atoms with Crippen LogP contribution in [0.15, 0.2) is 12.1 Å². The molecule has 4 heteroatoms. The Morgan fingerprint density at radius 3 is 2.33 bits per heavy atom. The third-order valence-corrected chi connectivity index (χ3v) is 3.89. The Labute approximate surface area is 131 Å². The van der Waals surface area contributed by atoms with Crippen molar-refractivity contribution in [3.05, 3.63) is 39.8 Å². The highest BCUT2D eigenvalue weighted by Crippen LogP contribution is 2.37. The predicted octanol–water partition coefficient (Wildman–Crippen LogP) is 4.85. The average Bonchev–Trinajstić information content (AvgIpc) is 2.41. The second kappa shape index (κ2) is 6.02. The molecule has 0 saturated carbocycles. The van der Waals surface area contributed by atoms with Crippen LogP contribution >= 0.6 is 11.6 Å². The van der Waals surface area contributed by atoms with Gasteiger partial charge in [-0.05, 0) is 38.0 Å². The summed E-state index contributed by atoms with van der Waals surface area (Å²) in [5, 5.41) is 0.505. The maximum absolute atomic E-state index is 6.30. The van der Waals surface area contributed by atoms with E-state index in [-0.39, 0.29) is 5.92 Å². The molecule has 1 aromatic heterocycles. The summed E-state index contributed by atoms with van der Waals surface area (Å²) < 4.78 is 5.55. The van der Waals surface area contributed by atoms with Crippen molar-refractivity contribution in [3.63, 3.8) is 0 Å². The number of ether oxygens (including phenoxy) is 1. The molecule has 0 aliphatic rings. The minimum atomic E-state index is 0.221. The molecule has 0 fully saturated rings. The quantitative estimate of drug-likeness (QED) is 0.760. The molecule has 0 aliphatic heterocycles. The van der Waals surface area contributed by atoms with Crippen molar-refractivity contribution in [1.82, 2.24) is 9.97 Å². The van der Waals surface area contributed by atoms with Crippen LogP contribution in [0.1, 0.15) is 42.3 Å². The maximum Gasteiger partial charge on any atom is 0.136 e. The van der Waals surface area contributed by atoms with E-state index in [0.29, 0.717) is 5.15 Å². The molecule has 0 unspecified atom stereocenters. The fourth-order valence-corrected chi connectivity index (χ4v) is 2.58. The highest BCUT2D eigenvalue weighted by Gasteiger charge is 2.18. The minimum absolute atomic E-state index is 0.221. The second-order valence-electron chi connectivity index (χ2n) is 5.66. The highest BCUT2D eigenvalue weighted by atomic mass is 35.5. The Bertz CT molecular complexity index is 681. The first-order valence-corrected chi connectivity index (χ1v) is 7.42. The van der Waals surface area contributed by atoms with Crippen LogP contribution in [0, 0.1) is 20.8 Å². The fraction of sp³-hybridized carbons (Fsp3) is 0.412. The first-order valence-electron chi connectivity index (χ1n) is 7.04. The summed E-state index contributed by atoms with van der Waals surface area (Å²) in [7, 11) is 1.68. The lowest BCUT2D eigenvalue weighted by molar-refractivity contribution is 0.415. The van der Waals surface area contributed by atoms with Gasteiger partial charge in [0.05, 0.1) is 12.8 Å². The van der Waals surface area contributed by atoms with Gasteiger partial charge in [0.15, 0.2) is 0 Å². The van der Waals surface area contributed by atoms with E-state index >= 15 is 0 Å². The zero-order valence-corrected chi connectivity index (χ0v) is 14.2. The van der Waals surface area contributed by atoms with Gasteiger partial charge in [0.2, 0.25) is 0 Å². The van der Waals surface area contributed by atoms with Gasteiger partial charge in [-0.3, -0.25) is 0 Å². The molecule has 112 valence electrons. The Hall–Kier alpha value is -1.61. The number of nitrogens with zero attached hydrogens (tertiary/aromatic N) is 2. The average molecular weight is 305 g/mol. The van der Waals surface area contributed by atoms with E-state index < -0.39 is 0 Å². The Kier molecular flexibility index (Phi) is 4.52. The van der Waals surface area contributed by atoms with Gasteiger partial charge in [0, 0.05) is 17.0 Å². The molecule has 21 heavy (non-hydrogen) atoms. The van der Waals surface area contributed by atoms with Crippen molar-refractivity contribution in [2.24, 2.45) is 0 Å². The number of aryl methyl sites for hydroxylation is 2. The summed E-state index contributed by atoms with van der Waals surface area (Å²) in [4.78, 5) is 9.10. The van der Waals surface area contributed by atoms with Crippen LogP contribution in [-0.2, 0) is 0 Å². The van der Waals surface area contributed by atoms with Crippen molar-refractivity contribution in [1.29, 1.82) is 0 Å². The third-order valence-electron chi connectivity index (χ3n) is 3.52. The molecule has 0 saturated heterocycles. The monoisotopic (exact) mass is 304 g/mol. The lowest BCUT2D eigenvalue weighted by Crippen LogP contribution is -2.04. The van der Waals surface area contributed by atoms with Crippen molar-refractivity contribution in [2.75, 3.05) is 7.11 Å². The van der Waals surface area contributed by atoms with Gasteiger partial charge in [0.1, 0.15) is 16.7 Å². The normalized spacial score (nSPS) is 11.0. The summed E-state index contributed by atoms with van der Waals surface area (Å²) in [6.07, 6.45) is 0. The van der Waals surface area contributed by atoms with Gasteiger partial charge in [0.25, 0.3) is 0 Å². The van der Waals surface area contributed by atoms with Crippen molar-refractivity contribution in [3.8, 4) is 17.0 Å². The Morgan fingerprint density at radius 2 is 1.76 bits per heavy atom. The summed E-state index contributed by atoms with van der Waals surface area (Å²) >= 11 is 6.30. The molecule has 1 aromatic carbocycles. The molecule has 0 radical (unpaired) electrons. The number of halogens is 1. The summed E-state index contributed by atoms with van der Waals surface area (Å²) in [5.41, 5.74) is 5.01. The molecule has 0 N–H and O–H groups in total. The van der Waals surface area contributed by atoms with E-state index in [1.165, 1.54) is 0 Å². The van der Waals surface area contributed by atoms with E-state index in [0.717, 1.165) is 39.5 Å². The van der Waals surface area contributed by atoms with Crippen molar-refractivity contribution < 1.29 is 4.74 Å². The maximum atomic E-state index is 6.30. The van der Waals surface area contributed by atoms with Crippen LogP contribution in [0.2, 0.25) is 5.15 Å². The molecule has 0 spiro atoms. The molecule has 0 bridgehead atoms. The van der Waals surface area contributed by atoms with Gasteiger partial charge < -0.3 is 4.74 Å². The van der Waals surface area contributed by atoms with E-state index in [4.69, 9.17) is 21.3 Å². The number of hydrogen-bond acceptors (Lipinski definition) is 3. The molecular formula is C17H21ClN2O. The van der Waals surface area contributed by atoms with Crippen molar-refractivity contribution >= 4 is 11.6 Å². The Balaban J connectivity index is 2.78. The first-order chi connectivity index (χ1) is 9.85. The van der Waals surface area contributed by atoms with E-state index in [1.54, 1.807) is 7.11 Å². The molecule has 1 heterocycles. The van der Waals surface area contributed by atoms with Gasteiger partial charge in [-0.1, -0.05) is 31.5 Å². The standard InChI is InChI=1S/C17H21ClN2O/c1-9(2)17-19-15(12(5)16(18)20-17)14-11(4)7-10(3)8-13(14)21-6/h7-9H,1-6H3. The van der Waals surface area contributed by atoms with Gasteiger partial charge >= 0.3 is 0 Å². The van der Waals surface area contributed by atoms with Crippen LogP contribution in [0.25, 0.3) is 11.3 Å². The third kappa shape index (κ3) is 3.03. The van der Waals surface area contributed by atoms with Gasteiger partial charge in [-0.2, -0.15) is 0 Å². The zero-order valence-electron chi connectivity index (χ0n) is 13.4. The number of aromatic nitrogens is 2. The lowest BCUT2D eigenvalue weighted by atomic mass is 9.98. The van der Waals surface area contributed by atoms with E-state index in [1.807, 2.05) is 13.0 Å². The van der Waals surface area contributed by atoms with E-state index in [9.17, 15) is 0 Å². The number of rotatable bonds is 3. The van der Waals surface area contributed by atoms with E-state index in [2.05, 4.69) is 38.7 Å². The van der Waals surface area contributed by atoms with Crippen LogP contribution < -0.4 is 4.74 Å². The molecule has 3 nitrogen and oxygen atoms in total. The zero-order chi connectivity index (χ0) is 15.7. The topological polar surface area (TPSA) is 35.0 Å². The summed E-state index contributed by atoms with van der Waals surface area (Å²) in [6, 6.07) is 4.15. The molecule has 0 atom stereocenters. The SMILES string of the molecule is COc1cc(C)cc(C)c1-c1nc(C(C)C)nc(Cl)c1C. The number of hydrogen-bond donors (Lipinski definition) is 0. The molecule has 2 aromatic rings. The summed E-state index contributed by atoms with van der Waals surface area (Å²) in [5.74, 6) is 1.79. The lowest BCUT2D eigenvalue weighted by Gasteiger charge is -2.16.